The predicted molar refractivity (Wildman–Crippen MR) is 78.7 cm³/mol. The van der Waals surface area contributed by atoms with E-state index in [9.17, 15) is 4.79 Å². The first-order valence-corrected chi connectivity index (χ1v) is 8.13. The van der Waals surface area contributed by atoms with Crippen molar-refractivity contribution < 1.29 is 9.21 Å². The molecule has 0 radical (unpaired) electrons. The molecule has 0 aliphatic carbocycles. The van der Waals surface area contributed by atoms with E-state index in [1.165, 1.54) is 18.2 Å². The number of nitrogens with zero attached hydrogens (tertiary/aromatic N) is 3. The monoisotopic (exact) mass is 297 g/mol. The number of piperidine rings is 1. The highest BCUT2D eigenvalue weighted by atomic mass is 32.2. The molecule has 0 aromatic carbocycles. The van der Waals surface area contributed by atoms with Crippen molar-refractivity contribution in [2.45, 2.75) is 63.6 Å². The maximum absolute atomic E-state index is 12.2. The Hall–Kier alpha value is -1.04. The zero-order chi connectivity index (χ0) is 14.8. The third-order valence-corrected chi connectivity index (χ3v) is 4.29. The van der Waals surface area contributed by atoms with Gasteiger partial charge in [0.05, 0.1) is 5.75 Å². The van der Waals surface area contributed by atoms with Gasteiger partial charge in [0.25, 0.3) is 5.22 Å². The van der Waals surface area contributed by atoms with E-state index in [-0.39, 0.29) is 11.3 Å². The summed E-state index contributed by atoms with van der Waals surface area (Å²) in [6, 6.07) is 0.352. The zero-order valence-electron chi connectivity index (χ0n) is 12.7. The van der Waals surface area contributed by atoms with E-state index in [1.54, 1.807) is 0 Å². The van der Waals surface area contributed by atoms with Crippen LogP contribution in [0.2, 0.25) is 0 Å². The van der Waals surface area contributed by atoms with Gasteiger partial charge in [0, 0.05) is 18.0 Å². The SMILES string of the molecule is CC1CCCCN1C(=O)CSc1nnc(C(C)(C)C)o1. The van der Waals surface area contributed by atoms with Crippen LogP contribution in [-0.4, -0.2) is 39.3 Å². The molecule has 1 aromatic rings. The van der Waals surface area contributed by atoms with E-state index in [1.807, 2.05) is 25.7 Å². The molecule has 1 fully saturated rings. The summed E-state index contributed by atoms with van der Waals surface area (Å²) in [4.78, 5) is 14.2. The topological polar surface area (TPSA) is 59.2 Å². The normalized spacial score (nSPS) is 20.2. The van der Waals surface area contributed by atoms with Crippen LogP contribution in [0.25, 0.3) is 0 Å². The lowest BCUT2D eigenvalue weighted by atomic mass is 9.97. The van der Waals surface area contributed by atoms with Crippen LogP contribution < -0.4 is 0 Å². The van der Waals surface area contributed by atoms with Crippen molar-refractivity contribution in [2.75, 3.05) is 12.3 Å². The molecule has 0 saturated carbocycles. The smallest absolute Gasteiger partial charge is 0.277 e. The van der Waals surface area contributed by atoms with E-state index < -0.39 is 0 Å². The largest absolute Gasteiger partial charge is 0.415 e. The average molecular weight is 297 g/mol. The van der Waals surface area contributed by atoms with Gasteiger partial charge >= 0.3 is 0 Å². The molecule has 20 heavy (non-hydrogen) atoms. The number of carbonyl (C=O) groups excluding carboxylic acids is 1. The minimum absolute atomic E-state index is 0.156. The van der Waals surface area contributed by atoms with Crippen molar-refractivity contribution in [1.29, 1.82) is 0 Å². The highest BCUT2D eigenvalue weighted by Gasteiger charge is 2.25. The van der Waals surface area contributed by atoms with Crippen LogP contribution in [0.3, 0.4) is 0 Å². The van der Waals surface area contributed by atoms with Crippen LogP contribution in [-0.2, 0) is 10.2 Å². The van der Waals surface area contributed by atoms with Crippen molar-refractivity contribution in [1.82, 2.24) is 15.1 Å². The highest BCUT2D eigenvalue weighted by molar-refractivity contribution is 7.99. The van der Waals surface area contributed by atoms with E-state index in [2.05, 4.69) is 17.1 Å². The summed E-state index contributed by atoms with van der Waals surface area (Å²) in [5, 5.41) is 8.50. The summed E-state index contributed by atoms with van der Waals surface area (Å²) >= 11 is 1.33. The Labute approximate surface area is 124 Å². The molecule has 0 N–H and O–H groups in total. The number of carbonyl (C=O) groups is 1. The number of amides is 1. The summed E-state index contributed by atoms with van der Waals surface area (Å²) < 4.78 is 5.58. The summed E-state index contributed by atoms with van der Waals surface area (Å²) in [5.41, 5.74) is -0.156. The number of aromatic nitrogens is 2. The molecule has 1 unspecified atom stereocenters. The molecule has 2 heterocycles. The Morgan fingerprint density at radius 2 is 2.15 bits per heavy atom. The Kier molecular flexibility index (Phi) is 4.73. The molecule has 6 heteroatoms. The van der Waals surface area contributed by atoms with Gasteiger partial charge in [-0.25, -0.2) is 0 Å². The van der Waals surface area contributed by atoms with E-state index in [0.717, 1.165) is 19.4 Å². The van der Waals surface area contributed by atoms with Gasteiger partial charge in [-0.3, -0.25) is 4.79 Å². The molecule has 1 aliphatic rings. The lowest BCUT2D eigenvalue weighted by Gasteiger charge is -2.33. The minimum atomic E-state index is -0.156. The van der Waals surface area contributed by atoms with Gasteiger partial charge in [-0.2, -0.15) is 0 Å². The standard InChI is InChI=1S/C14H23N3O2S/c1-10-7-5-6-8-17(10)11(18)9-20-13-16-15-12(19-13)14(2,3)4/h10H,5-9H2,1-4H3. The van der Waals surface area contributed by atoms with Crippen molar-refractivity contribution in [3.05, 3.63) is 5.89 Å². The lowest BCUT2D eigenvalue weighted by Crippen LogP contribution is -2.42. The van der Waals surface area contributed by atoms with Crippen LogP contribution >= 0.6 is 11.8 Å². The maximum atomic E-state index is 12.2. The number of likely N-dealkylation sites (tertiary alicyclic amines) is 1. The molecular weight excluding hydrogens is 274 g/mol. The Balaban J connectivity index is 1.88. The molecule has 0 bridgehead atoms. The average Bonchev–Trinajstić information content (AvgIpc) is 2.85. The summed E-state index contributed by atoms with van der Waals surface area (Å²) in [7, 11) is 0. The molecule has 1 amide bonds. The van der Waals surface area contributed by atoms with Gasteiger partial charge in [0.2, 0.25) is 11.8 Å². The van der Waals surface area contributed by atoms with Gasteiger partial charge in [0.15, 0.2) is 0 Å². The summed E-state index contributed by atoms with van der Waals surface area (Å²) in [5.74, 6) is 1.15. The lowest BCUT2D eigenvalue weighted by molar-refractivity contribution is -0.131. The van der Waals surface area contributed by atoms with Crippen LogP contribution in [0.4, 0.5) is 0 Å². The Morgan fingerprint density at radius 3 is 2.75 bits per heavy atom. The molecule has 1 saturated heterocycles. The van der Waals surface area contributed by atoms with Crippen LogP contribution in [0.1, 0.15) is 52.8 Å². The van der Waals surface area contributed by atoms with Crippen LogP contribution in [0.15, 0.2) is 9.64 Å². The number of thioether (sulfide) groups is 1. The maximum Gasteiger partial charge on any atom is 0.277 e. The first-order chi connectivity index (χ1) is 9.38. The fraction of sp³-hybridized carbons (Fsp3) is 0.786. The molecule has 5 nitrogen and oxygen atoms in total. The molecule has 2 rings (SSSR count). The Morgan fingerprint density at radius 1 is 1.40 bits per heavy atom. The van der Waals surface area contributed by atoms with Gasteiger partial charge in [-0.15, -0.1) is 10.2 Å². The molecule has 1 atom stereocenters. The molecule has 0 spiro atoms. The van der Waals surface area contributed by atoms with Crippen molar-refractivity contribution in [3.8, 4) is 0 Å². The third-order valence-electron chi connectivity index (χ3n) is 3.49. The first-order valence-electron chi connectivity index (χ1n) is 7.14. The Bertz CT molecular complexity index is 467. The number of hydrogen-bond donors (Lipinski definition) is 0. The predicted octanol–water partition coefficient (Wildman–Crippen LogP) is 2.86. The summed E-state index contributed by atoms with van der Waals surface area (Å²) in [6.07, 6.45) is 3.43. The summed E-state index contributed by atoms with van der Waals surface area (Å²) in [6.45, 7) is 9.06. The van der Waals surface area contributed by atoms with E-state index >= 15 is 0 Å². The van der Waals surface area contributed by atoms with Gasteiger partial charge in [-0.1, -0.05) is 32.5 Å². The van der Waals surface area contributed by atoms with Crippen LogP contribution in [0.5, 0.6) is 0 Å². The van der Waals surface area contributed by atoms with E-state index in [4.69, 9.17) is 4.42 Å². The van der Waals surface area contributed by atoms with Crippen molar-refractivity contribution in [3.63, 3.8) is 0 Å². The second-order valence-corrected chi connectivity index (χ2v) is 7.27. The molecule has 1 aliphatic heterocycles. The number of rotatable bonds is 3. The zero-order valence-corrected chi connectivity index (χ0v) is 13.5. The van der Waals surface area contributed by atoms with Gasteiger partial charge < -0.3 is 9.32 Å². The highest BCUT2D eigenvalue weighted by Crippen LogP contribution is 2.25. The molecule has 112 valence electrons. The van der Waals surface area contributed by atoms with Crippen molar-refractivity contribution in [2.24, 2.45) is 0 Å². The molecule has 1 aromatic heterocycles. The minimum Gasteiger partial charge on any atom is -0.415 e. The fourth-order valence-electron chi connectivity index (χ4n) is 2.25. The van der Waals surface area contributed by atoms with E-state index in [0.29, 0.717) is 22.9 Å². The van der Waals surface area contributed by atoms with Crippen molar-refractivity contribution >= 4 is 17.7 Å². The fourth-order valence-corrected chi connectivity index (χ4v) is 2.90. The second-order valence-electron chi connectivity index (χ2n) is 6.34. The third kappa shape index (κ3) is 3.75. The molecular formula is C14H23N3O2S. The first kappa shape index (κ1) is 15.4. The second kappa shape index (κ2) is 6.16. The van der Waals surface area contributed by atoms with Gasteiger partial charge in [0.1, 0.15) is 0 Å². The van der Waals surface area contributed by atoms with Crippen LogP contribution in [0, 0.1) is 0 Å². The number of hydrogen-bond acceptors (Lipinski definition) is 5. The van der Waals surface area contributed by atoms with Gasteiger partial charge in [-0.05, 0) is 26.2 Å². The quantitative estimate of drug-likeness (QED) is 0.803.